The molecule has 3 heterocycles. The number of ether oxygens (including phenoxy) is 1. The van der Waals surface area contributed by atoms with Crippen LogP contribution in [0.4, 0.5) is 13.2 Å². The molecule has 1 aliphatic carbocycles. The van der Waals surface area contributed by atoms with Crippen LogP contribution in [0, 0.1) is 5.92 Å². The predicted octanol–water partition coefficient (Wildman–Crippen LogP) is 2.91. The Bertz CT molecular complexity index is 857. The molecule has 1 atom stereocenters. The molecule has 124 valence electrons. The molecule has 0 radical (unpaired) electrons. The Morgan fingerprint density at radius 1 is 1.17 bits per heavy atom. The molecular formula is C15H12F3N5O. The van der Waals surface area contributed by atoms with Gasteiger partial charge >= 0.3 is 6.18 Å². The normalized spacial score (nSPS) is 16.3. The van der Waals surface area contributed by atoms with Gasteiger partial charge in [-0.3, -0.25) is 9.38 Å². The van der Waals surface area contributed by atoms with Gasteiger partial charge in [0, 0.05) is 29.9 Å². The van der Waals surface area contributed by atoms with Gasteiger partial charge in [0.25, 0.3) is 0 Å². The molecule has 0 saturated heterocycles. The van der Waals surface area contributed by atoms with Crippen molar-refractivity contribution in [2.24, 2.45) is 5.92 Å². The summed E-state index contributed by atoms with van der Waals surface area (Å²) in [4.78, 5) is 8.22. The number of rotatable bonds is 4. The summed E-state index contributed by atoms with van der Waals surface area (Å²) in [6.45, 7) is 0. The van der Waals surface area contributed by atoms with Crippen LogP contribution in [0.2, 0.25) is 0 Å². The van der Waals surface area contributed by atoms with E-state index in [-0.39, 0.29) is 5.88 Å². The third-order valence-electron chi connectivity index (χ3n) is 3.83. The SMILES string of the molecule is FC(F)(F)C(Oc1ccc(-c2cn3cnnc3cn2)cn1)C1CC1. The van der Waals surface area contributed by atoms with Gasteiger partial charge in [-0.05, 0) is 18.9 Å². The van der Waals surface area contributed by atoms with Gasteiger partial charge in [0.2, 0.25) is 5.88 Å². The van der Waals surface area contributed by atoms with E-state index in [4.69, 9.17) is 4.74 Å². The predicted molar refractivity (Wildman–Crippen MR) is 77.2 cm³/mol. The Labute approximate surface area is 134 Å². The van der Waals surface area contributed by atoms with Gasteiger partial charge in [0.15, 0.2) is 11.8 Å². The summed E-state index contributed by atoms with van der Waals surface area (Å²) in [5, 5.41) is 7.61. The molecule has 3 aromatic rings. The van der Waals surface area contributed by atoms with Crippen molar-refractivity contribution in [1.29, 1.82) is 0 Å². The average Bonchev–Trinajstić information content (AvgIpc) is 3.28. The van der Waals surface area contributed by atoms with Crippen molar-refractivity contribution in [3.63, 3.8) is 0 Å². The molecule has 0 aliphatic heterocycles. The van der Waals surface area contributed by atoms with Crippen molar-refractivity contribution in [3.05, 3.63) is 37.1 Å². The molecule has 24 heavy (non-hydrogen) atoms. The first-order chi connectivity index (χ1) is 11.5. The maximum Gasteiger partial charge on any atom is 0.425 e. The van der Waals surface area contributed by atoms with Crippen LogP contribution in [0.25, 0.3) is 16.9 Å². The van der Waals surface area contributed by atoms with Crippen LogP contribution in [0.5, 0.6) is 5.88 Å². The number of fused-ring (bicyclic) bond motifs is 1. The lowest BCUT2D eigenvalue weighted by Gasteiger charge is -2.20. The fourth-order valence-electron chi connectivity index (χ4n) is 2.45. The summed E-state index contributed by atoms with van der Waals surface area (Å²) < 4.78 is 45.7. The number of pyridine rings is 1. The van der Waals surface area contributed by atoms with Crippen molar-refractivity contribution in [1.82, 2.24) is 24.6 Å². The first kappa shape index (κ1) is 14.9. The number of halogens is 3. The average molecular weight is 335 g/mol. The number of nitrogens with zero attached hydrogens (tertiary/aromatic N) is 5. The van der Waals surface area contributed by atoms with Crippen LogP contribution in [0.1, 0.15) is 12.8 Å². The van der Waals surface area contributed by atoms with E-state index in [1.807, 2.05) is 0 Å². The van der Waals surface area contributed by atoms with E-state index in [1.165, 1.54) is 18.6 Å². The highest BCUT2D eigenvalue weighted by Gasteiger charge is 2.51. The number of hydrogen-bond acceptors (Lipinski definition) is 5. The molecule has 4 rings (SSSR count). The van der Waals surface area contributed by atoms with Crippen molar-refractivity contribution < 1.29 is 17.9 Å². The molecule has 9 heteroatoms. The highest BCUT2D eigenvalue weighted by molar-refractivity contribution is 5.58. The van der Waals surface area contributed by atoms with Gasteiger partial charge in [-0.1, -0.05) is 0 Å². The molecule has 1 unspecified atom stereocenters. The molecule has 0 aromatic carbocycles. The van der Waals surface area contributed by atoms with Crippen LogP contribution in [0.15, 0.2) is 37.1 Å². The van der Waals surface area contributed by atoms with Crippen LogP contribution in [-0.4, -0.2) is 36.8 Å². The van der Waals surface area contributed by atoms with E-state index in [0.717, 1.165) is 0 Å². The summed E-state index contributed by atoms with van der Waals surface area (Å²) in [5.41, 5.74) is 1.87. The lowest BCUT2D eigenvalue weighted by molar-refractivity contribution is -0.201. The van der Waals surface area contributed by atoms with Crippen molar-refractivity contribution in [2.45, 2.75) is 25.1 Å². The van der Waals surface area contributed by atoms with Crippen LogP contribution >= 0.6 is 0 Å². The molecule has 0 bridgehead atoms. The first-order valence-corrected chi connectivity index (χ1v) is 7.36. The largest absolute Gasteiger partial charge is 0.464 e. The Kier molecular flexibility index (Phi) is 3.36. The zero-order valence-electron chi connectivity index (χ0n) is 12.3. The fourth-order valence-corrected chi connectivity index (χ4v) is 2.45. The van der Waals surface area contributed by atoms with Crippen molar-refractivity contribution >= 4 is 5.65 Å². The number of aromatic nitrogens is 5. The monoisotopic (exact) mass is 335 g/mol. The van der Waals surface area contributed by atoms with Gasteiger partial charge in [0.05, 0.1) is 11.9 Å². The molecule has 6 nitrogen and oxygen atoms in total. The second kappa shape index (κ2) is 5.43. The second-order valence-electron chi connectivity index (χ2n) is 5.67. The van der Waals surface area contributed by atoms with E-state index in [2.05, 4.69) is 20.2 Å². The zero-order valence-corrected chi connectivity index (χ0v) is 12.3. The van der Waals surface area contributed by atoms with E-state index in [1.54, 1.807) is 22.9 Å². The summed E-state index contributed by atoms with van der Waals surface area (Å²) in [7, 11) is 0. The maximum absolute atomic E-state index is 13.0. The molecule has 0 N–H and O–H groups in total. The quantitative estimate of drug-likeness (QED) is 0.733. The van der Waals surface area contributed by atoms with Crippen LogP contribution < -0.4 is 4.74 Å². The molecule has 3 aromatic heterocycles. The summed E-state index contributed by atoms with van der Waals surface area (Å²) >= 11 is 0. The molecule has 1 aliphatic rings. The van der Waals surface area contributed by atoms with Crippen molar-refractivity contribution in [3.8, 4) is 17.1 Å². The lowest BCUT2D eigenvalue weighted by Crippen LogP contribution is -2.36. The molecule has 0 amide bonds. The summed E-state index contributed by atoms with van der Waals surface area (Å²) in [6, 6.07) is 3.05. The second-order valence-corrected chi connectivity index (χ2v) is 5.67. The first-order valence-electron chi connectivity index (χ1n) is 7.36. The maximum atomic E-state index is 13.0. The number of alkyl halides is 3. The Morgan fingerprint density at radius 2 is 2.00 bits per heavy atom. The van der Waals surface area contributed by atoms with E-state index in [9.17, 15) is 13.2 Å². The highest BCUT2D eigenvalue weighted by atomic mass is 19.4. The topological polar surface area (TPSA) is 65.2 Å². The third kappa shape index (κ3) is 2.89. The smallest absolute Gasteiger partial charge is 0.425 e. The minimum atomic E-state index is -4.39. The van der Waals surface area contributed by atoms with Gasteiger partial charge in [0.1, 0.15) is 6.33 Å². The summed E-state index contributed by atoms with van der Waals surface area (Å²) in [6.07, 6.45) is 1.14. The van der Waals surface area contributed by atoms with Crippen molar-refractivity contribution in [2.75, 3.05) is 0 Å². The lowest BCUT2D eigenvalue weighted by atomic mass is 10.2. The fraction of sp³-hybridized carbons (Fsp3) is 0.333. The molecular weight excluding hydrogens is 323 g/mol. The summed E-state index contributed by atoms with van der Waals surface area (Å²) in [5.74, 6) is -0.511. The minimum absolute atomic E-state index is 0.0432. The van der Waals surface area contributed by atoms with Gasteiger partial charge in [-0.2, -0.15) is 13.2 Å². The Balaban J connectivity index is 1.55. The Morgan fingerprint density at radius 3 is 2.67 bits per heavy atom. The Hall–Kier alpha value is -2.71. The van der Waals surface area contributed by atoms with Gasteiger partial charge in [-0.15, -0.1) is 10.2 Å². The standard InChI is InChI=1S/C15H12F3N5O/c16-15(17,18)14(9-1-2-9)24-13-4-3-10(5-20-13)11-7-23-8-21-22-12(23)6-19-11/h3-9,14H,1-2H2. The van der Waals surface area contributed by atoms with Gasteiger partial charge in [-0.25, -0.2) is 4.98 Å². The van der Waals surface area contributed by atoms with Crippen LogP contribution in [-0.2, 0) is 0 Å². The minimum Gasteiger partial charge on any atom is -0.464 e. The number of hydrogen-bond donors (Lipinski definition) is 0. The highest BCUT2D eigenvalue weighted by Crippen LogP contribution is 2.42. The van der Waals surface area contributed by atoms with E-state index in [0.29, 0.717) is 29.7 Å². The van der Waals surface area contributed by atoms with E-state index < -0.39 is 18.2 Å². The van der Waals surface area contributed by atoms with Gasteiger partial charge < -0.3 is 4.74 Å². The van der Waals surface area contributed by atoms with Crippen LogP contribution in [0.3, 0.4) is 0 Å². The van der Waals surface area contributed by atoms with E-state index >= 15 is 0 Å². The zero-order chi connectivity index (χ0) is 16.7. The third-order valence-corrected chi connectivity index (χ3v) is 3.83. The molecule has 1 fully saturated rings. The molecule has 1 saturated carbocycles. The molecule has 0 spiro atoms.